The fourth-order valence-corrected chi connectivity index (χ4v) is 4.73. The topological polar surface area (TPSA) is 99.5 Å². The number of likely N-dealkylation sites (N-methyl/N-ethyl adjacent to an activating group) is 1. The van der Waals surface area contributed by atoms with Gasteiger partial charge in [0.15, 0.2) is 0 Å². The molecule has 0 atom stereocenters. The van der Waals surface area contributed by atoms with Crippen LogP contribution in [-0.2, 0) is 14.3 Å². The number of nitrogens with zero attached hydrogens (tertiary/aromatic N) is 5. The van der Waals surface area contributed by atoms with Crippen LogP contribution in [0.1, 0.15) is 18.4 Å². The zero-order valence-electron chi connectivity index (χ0n) is 19.2. The third kappa shape index (κ3) is 4.92. The minimum atomic E-state index is -0.472. The molecule has 2 saturated heterocycles. The Kier molecular flexibility index (Phi) is 7.06. The summed E-state index contributed by atoms with van der Waals surface area (Å²) in [5, 5.41) is 11.1. The molecule has 0 unspecified atom stereocenters. The third-order valence-corrected chi connectivity index (χ3v) is 6.84. The highest BCUT2D eigenvalue weighted by Crippen LogP contribution is 2.34. The van der Waals surface area contributed by atoms with Crippen LogP contribution in [0.5, 0.6) is 0 Å². The molecule has 3 aliphatic heterocycles. The molecule has 10 nitrogen and oxygen atoms in total. The van der Waals surface area contributed by atoms with Crippen LogP contribution in [0.25, 0.3) is 5.57 Å². The van der Waals surface area contributed by atoms with Crippen molar-refractivity contribution in [1.29, 1.82) is 0 Å². The van der Waals surface area contributed by atoms with E-state index in [1.54, 1.807) is 12.1 Å². The summed E-state index contributed by atoms with van der Waals surface area (Å²) in [5.41, 5.74) is 1.21. The maximum atomic E-state index is 13.5. The molecule has 0 saturated carbocycles. The fraction of sp³-hybridized carbons (Fsp3) is 0.565. The van der Waals surface area contributed by atoms with Crippen molar-refractivity contribution in [1.82, 2.24) is 19.6 Å². The maximum absolute atomic E-state index is 13.5. The molecular formula is C23H31N5O5. The number of morpholine rings is 1. The Balaban J connectivity index is 1.62. The summed E-state index contributed by atoms with van der Waals surface area (Å²) >= 11 is 0. The molecule has 0 aromatic heterocycles. The lowest BCUT2D eigenvalue weighted by molar-refractivity contribution is -0.384. The average Bonchev–Trinajstić information content (AvgIpc) is 3.07. The summed E-state index contributed by atoms with van der Waals surface area (Å²) in [4.78, 5) is 45.4. The summed E-state index contributed by atoms with van der Waals surface area (Å²) in [6.45, 7) is 5.62. The highest BCUT2D eigenvalue weighted by Gasteiger charge is 2.42. The van der Waals surface area contributed by atoms with Crippen molar-refractivity contribution >= 4 is 23.1 Å². The first-order valence-corrected chi connectivity index (χ1v) is 11.4. The van der Waals surface area contributed by atoms with Gasteiger partial charge in [0, 0.05) is 51.4 Å². The fourth-order valence-electron chi connectivity index (χ4n) is 4.73. The monoisotopic (exact) mass is 457 g/mol. The number of non-ortho nitro benzene ring substituents is 1. The molecule has 178 valence electrons. The average molecular weight is 458 g/mol. The lowest BCUT2D eigenvalue weighted by atomic mass is 10.00. The Morgan fingerprint density at radius 1 is 1.03 bits per heavy atom. The van der Waals surface area contributed by atoms with E-state index in [1.807, 2.05) is 11.9 Å². The van der Waals surface area contributed by atoms with E-state index in [4.69, 9.17) is 4.74 Å². The number of benzene rings is 1. The third-order valence-electron chi connectivity index (χ3n) is 6.84. The van der Waals surface area contributed by atoms with E-state index >= 15 is 0 Å². The predicted molar refractivity (Wildman–Crippen MR) is 122 cm³/mol. The molecule has 3 aliphatic rings. The van der Waals surface area contributed by atoms with E-state index in [9.17, 15) is 19.7 Å². The number of ether oxygens (including phenoxy) is 1. The van der Waals surface area contributed by atoms with Crippen LogP contribution in [0.15, 0.2) is 30.0 Å². The van der Waals surface area contributed by atoms with Crippen LogP contribution in [0, 0.1) is 10.1 Å². The molecule has 0 radical (unpaired) electrons. The van der Waals surface area contributed by atoms with Gasteiger partial charge in [-0.25, -0.2) is 0 Å². The summed E-state index contributed by atoms with van der Waals surface area (Å²) in [6, 6.07) is 6.03. The number of nitro groups is 1. The van der Waals surface area contributed by atoms with Gasteiger partial charge in [0.1, 0.15) is 5.70 Å². The highest BCUT2D eigenvalue weighted by atomic mass is 16.6. The maximum Gasteiger partial charge on any atom is 0.277 e. The number of amides is 2. The van der Waals surface area contributed by atoms with E-state index in [2.05, 4.69) is 16.8 Å². The molecule has 0 aliphatic carbocycles. The van der Waals surface area contributed by atoms with Crippen molar-refractivity contribution in [3.8, 4) is 0 Å². The van der Waals surface area contributed by atoms with Gasteiger partial charge in [-0.3, -0.25) is 29.5 Å². The molecule has 3 heterocycles. The van der Waals surface area contributed by atoms with Crippen LogP contribution < -0.4 is 0 Å². The van der Waals surface area contributed by atoms with Crippen molar-refractivity contribution in [2.45, 2.75) is 18.9 Å². The first kappa shape index (κ1) is 23.3. The molecule has 2 amide bonds. The highest BCUT2D eigenvalue weighted by molar-refractivity contribution is 6.35. The van der Waals surface area contributed by atoms with Gasteiger partial charge in [-0.05, 0) is 50.7 Å². The molecule has 1 aromatic rings. The lowest BCUT2D eigenvalue weighted by Crippen LogP contribution is -2.45. The van der Waals surface area contributed by atoms with Gasteiger partial charge in [-0.2, -0.15) is 0 Å². The second kappa shape index (κ2) is 9.98. The number of carbonyl (C=O) groups is 2. The van der Waals surface area contributed by atoms with Crippen molar-refractivity contribution in [3.05, 3.63) is 45.6 Å². The van der Waals surface area contributed by atoms with E-state index < -0.39 is 4.92 Å². The molecule has 4 rings (SSSR count). The number of rotatable bonds is 7. The first-order chi connectivity index (χ1) is 15.9. The number of piperidine rings is 1. The summed E-state index contributed by atoms with van der Waals surface area (Å²) in [6.07, 6.45) is 1.80. The van der Waals surface area contributed by atoms with Crippen LogP contribution in [0.4, 0.5) is 5.69 Å². The van der Waals surface area contributed by atoms with E-state index in [-0.39, 0.29) is 23.5 Å². The van der Waals surface area contributed by atoms with Gasteiger partial charge in [-0.15, -0.1) is 0 Å². The number of likely N-dealkylation sites (tertiary alicyclic amines) is 1. The molecule has 10 heteroatoms. The first-order valence-electron chi connectivity index (χ1n) is 11.4. The van der Waals surface area contributed by atoms with Crippen LogP contribution >= 0.6 is 0 Å². The van der Waals surface area contributed by atoms with Crippen molar-refractivity contribution < 1.29 is 19.2 Å². The molecule has 0 N–H and O–H groups in total. The SMILES string of the molecule is CN1CCC(N(C)C2=C(c3ccc([N+](=O)[O-])cc3)C(=O)N(CCN3CCOCC3)C2=O)CC1. The Labute approximate surface area is 193 Å². The summed E-state index contributed by atoms with van der Waals surface area (Å²) in [7, 11) is 3.96. The normalized spacial score (nSPS) is 21.2. The summed E-state index contributed by atoms with van der Waals surface area (Å²) in [5.74, 6) is -0.625. The van der Waals surface area contributed by atoms with Gasteiger partial charge >= 0.3 is 0 Å². The Morgan fingerprint density at radius 3 is 2.27 bits per heavy atom. The minimum absolute atomic E-state index is 0.0504. The van der Waals surface area contributed by atoms with Crippen LogP contribution in [-0.4, -0.2) is 109 Å². The molecule has 2 fully saturated rings. The minimum Gasteiger partial charge on any atom is -0.379 e. The van der Waals surface area contributed by atoms with Gasteiger partial charge < -0.3 is 14.5 Å². The van der Waals surface area contributed by atoms with E-state index in [0.717, 1.165) is 39.0 Å². The number of hydrogen-bond donors (Lipinski definition) is 0. The van der Waals surface area contributed by atoms with Crippen molar-refractivity contribution in [3.63, 3.8) is 0 Å². The Bertz CT molecular complexity index is 933. The summed E-state index contributed by atoms with van der Waals surface area (Å²) < 4.78 is 5.38. The van der Waals surface area contributed by atoms with Crippen LogP contribution in [0.2, 0.25) is 0 Å². The zero-order chi connectivity index (χ0) is 23.5. The van der Waals surface area contributed by atoms with Crippen molar-refractivity contribution in [2.24, 2.45) is 0 Å². The molecule has 0 spiro atoms. The van der Waals surface area contributed by atoms with Gasteiger partial charge in [0.05, 0.1) is 23.7 Å². The Morgan fingerprint density at radius 2 is 1.67 bits per heavy atom. The second-order valence-corrected chi connectivity index (χ2v) is 8.89. The van der Waals surface area contributed by atoms with Gasteiger partial charge in [-0.1, -0.05) is 0 Å². The lowest BCUT2D eigenvalue weighted by Gasteiger charge is -2.36. The molecular weight excluding hydrogens is 426 g/mol. The van der Waals surface area contributed by atoms with E-state index in [0.29, 0.717) is 43.1 Å². The van der Waals surface area contributed by atoms with Crippen molar-refractivity contribution in [2.75, 3.05) is 66.6 Å². The number of hydrogen-bond acceptors (Lipinski definition) is 8. The Hall–Kier alpha value is -2.82. The second-order valence-electron chi connectivity index (χ2n) is 8.89. The quantitative estimate of drug-likeness (QED) is 0.340. The standard InChI is InChI=1S/C23H31N5O5/c1-24-9-7-18(8-10-24)25(2)21-20(17-3-5-19(6-4-17)28(31)32)22(29)27(23(21)30)12-11-26-13-15-33-16-14-26/h3-6,18H,7-16H2,1-2H3. The number of imide groups is 1. The molecule has 33 heavy (non-hydrogen) atoms. The zero-order valence-corrected chi connectivity index (χ0v) is 19.2. The molecule has 1 aromatic carbocycles. The smallest absolute Gasteiger partial charge is 0.277 e. The predicted octanol–water partition coefficient (Wildman–Crippen LogP) is 1.03. The van der Waals surface area contributed by atoms with Crippen LogP contribution in [0.3, 0.4) is 0 Å². The van der Waals surface area contributed by atoms with Gasteiger partial charge in [0.2, 0.25) is 0 Å². The molecule has 0 bridgehead atoms. The van der Waals surface area contributed by atoms with Gasteiger partial charge in [0.25, 0.3) is 17.5 Å². The number of nitro benzene ring substituents is 1. The largest absolute Gasteiger partial charge is 0.379 e. The van der Waals surface area contributed by atoms with E-state index in [1.165, 1.54) is 17.0 Å². The number of carbonyl (C=O) groups excluding carboxylic acids is 2.